The first-order valence-electron chi connectivity index (χ1n) is 27.1. The molecule has 0 saturated carbocycles. The number of alkyl carbamates (subject to hydrolysis) is 1. The van der Waals surface area contributed by atoms with Crippen molar-refractivity contribution in [1.29, 1.82) is 0 Å². The second-order valence-electron chi connectivity index (χ2n) is 23.3. The molecule has 4 unspecified atom stereocenters. The van der Waals surface area contributed by atoms with E-state index in [0.29, 0.717) is 84.4 Å². The molecule has 0 radical (unpaired) electrons. The van der Waals surface area contributed by atoms with Crippen molar-refractivity contribution in [2.75, 3.05) is 68.4 Å². The molecular weight excluding hydrogens is 993 g/mol. The summed E-state index contributed by atoms with van der Waals surface area (Å²) in [6.07, 6.45) is -0.151. The first kappa shape index (κ1) is 58.4. The fourth-order valence-electron chi connectivity index (χ4n) is 11.8. The number of aromatic hydroxyl groups is 1. The number of rotatable bonds is 20. The van der Waals surface area contributed by atoms with Gasteiger partial charge in [-0.3, -0.25) is 9.74 Å². The van der Waals surface area contributed by atoms with E-state index in [1.807, 2.05) is 51.2 Å². The number of fused-ring (bicyclic) bond motifs is 4. The van der Waals surface area contributed by atoms with Gasteiger partial charge in [0.2, 0.25) is 0 Å². The third-order valence-corrected chi connectivity index (χ3v) is 27.3. The van der Waals surface area contributed by atoms with Crippen molar-refractivity contribution in [3.05, 3.63) is 105 Å². The maximum absolute atomic E-state index is 14.9. The van der Waals surface area contributed by atoms with Gasteiger partial charge in [0.1, 0.15) is 29.9 Å². The lowest BCUT2D eigenvalue weighted by Gasteiger charge is -2.47. The van der Waals surface area contributed by atoms with Crippen LogP contribution in [0.3, 0.4) is 0 Å². The van der Waals surface area contributed by atoms with E-state index in [2.05, 4.69) is 112 Å². The van der Waals surface area contributed by atoms with E-state index in [1.165, 1.54) is 7.11 Å². The number of nitrogens with one attached hydrogen (secondary N) is 1. The minimum absolute atomic E-state index is 0.0607. The maximum atomic E-state index is 14.9. The maximum Gasteiger partial charge on any atom is 0.407 e. The number of methoxy groups -OCH3 is 4. The molecule has 1 saturated heterocycles. The molecule has 5 atom stereocenters. The molecule has 1 amide bonds. The Labute approximate surface area is 455 Å². The minimum atomic E-state index is -2.43. The van der Waals surface area contributed by atoms with Crippen molar-refractivity contribution in [3.8, 4) is 45.6 Å². The number of carbonyl (C=O) groups is 1. The highest BCUT2D eigenvalue weighted by molar-refractivity contribution is 6.75. The van der Waals surface area contributed by atoms with Crippen molar-refractivity contribution < 1.29 is 47.2 Å². The summed E-state index contributed by atoms with van der Waals surface area (Å²) in [5.74, 6) is 2.31. The van der Waals surface area contributed by atoms with Crippen molar-refractivity contribution in [3.63, 3.8) is 0 Å². The largest absolute Gasteiger partial charge is 0.541 e. The van der Waals surface area contributed by atoms with Gasteiger partial charge in [0, 0.05) is 59.9 Å². The average Bonchev–Trinajstić information content (AvgIpc) is 3.73. The number of likely N-dealkylation sites (N-methyl/N-ethyl adjacent to an activating group) is 1. The number of carbonyl (C=O) groups excluding carboxylic acids is 1. The van der Waals surface area contributed by atoms with Crippen LogP contribution in [0, 0.1) is 20.4 Å². The van der Waals surface area contributed by atoms with E-state index in [-0.39, 0.29) is 41.6 Å². The Hall–Kier alpha value is -5.29. The van der Waals surface area contributed by atoms with E-state index in [9.17, 15) is 9.90 Å². The third-order valence-electron chi connectivity index (χ3n) is 17.5. The van der Waals surface area contributed by atoms with Crippen LogP contribution in [-0.4, -0.2) is 130 Å². The van der Waals surface area contributed by atoms with Gasteiger partial charge >= 0.3 is 6.09 Å². The zero-order valence-electron chi connectivity index (χ0n) is 48.4. The molecule has 7 rings (SSSR count). The lowest BCUT2D eigenvalue weighted by molar-refractivity contribution is -0.0597. The number of hydrogen-bond acceptors (Lipinski definition) is 12. The molecule has 0 spiro atoms. The predicted molar refractivity (Wildman–Crippen MR) is 306 cm³/mol. The Balaban J connectivity index is 1.33. The van der Waals surface area contributed by atoms with E-state index in [0.717, 1.165) is 38.9 Å². The fourth-order valence-corrected chi connectivity index (χ4v) is 15.3. The summed E-state index contributed by atoms with van der Waals surface area (Å²) in [7, 11) is 3.98. The molecule has 1 aliphatic carbocycles. The fraction of sp³-hybridized carbons (Fsp3) is 0.567. The molecule has 1 fully saturated rings. The Morgan fingerprint density at radius 2 is 1.46 bits per heavy atom. The molecule has 2 aliphatic heterocycles. The van der Waals surface area contributed by atoms with Crippen LogP contribution in [0.2, 0.25) is 35.8 Å². The van der Waals surface area contributed by atoms with Crippen LogP contribution in [0.5, 0.6) is 34.5 Å². The molecule has 76 heavy (non-hydrogen) atoms. The summed E-state index contributed by atoms with van der Waals surface area (Å²) in [5, 5.41) is 15.9. The number of hydrogen-bond donors (Lipinski definition) is 2. The van der Waals surface area contributed by atoms with E-state index in [4.69, 9.17) is 43.8 Å². The number of benzene rings is 4. The summed E-state index contributed by atoms with van der Waals surface area (Å²) in [6.45, 7) is 37.4. The van der Waals surface area contributed by atoms with Gasteiger partial charge in [-0.1, -0.05) is 97.0 Å². The van der Waals surface area contributed by atoms with Gasteiger partial charge in [0.25, 0.3) is 14.5 Å². The predicted octanol–water partition coefficient (Wildman–Crippen LogP) is 12.2. The molecular formula is C60H86N4O10Si2. The Morgan fingerprint density at radius 3 is 2.01 bits per heavy atom. The van der Waals surface area contributed by atoms with Crippen LogP contribution in [0.4, 0.5) is 4.79 Å². The number of nitrogens with zero attached hydrogens (tertiary/aromatic N) is 3. The average molecular weight is 1080 g/mol. The SMILES string of the molecule is [C-]#[N+]C(C1Cc2c(OC)c(C)c(OC)c(O)c2C(C(Cc2cc(O[Si](C)(C)C(C)(C)C)c(OC)c(C)c2OC)NC(=O)OCC2c3ccccc3-c3ccccc32)N1C)N1CCO[C@@H](CCO[Si](C)(C(C)C)C(C)C)C1. The number of phenolic OH excluding ortho intramolecular Hbond substituents is 1. The van der Waals surface area contributed by atoms with Crippen LogP contribution >= 0.6 is 0 Å². The van der Waals surface area contributed by atoms with Crippen LogP contribution in [-0.2, 0) is 26.7 Å². The second-order valence-corrected chi connectivity index (χ2v) is 33.0. The smallest absolute Gasteiger partial charge is 0.407 e. The van der Waals surface area contributed by atoms with Crippen LogP contribution in [0.1, 0.15) is 106 Å². The first-order valence-corrected chi connectivity index (χ1v) is 32.5. The zero-order valence-corrected chi connectivity index (χ0v) is 50.4. The van der Waals surface area contributed by atoms with E-state index >= 15 is 0 Å². The number of phenols is 1. The van der Waals surface area contributed by atoms with Gasteiger partial charge in [-0.15, -0.1) is 0 Å². The Morgan fingerprint density at radius 1 is 0.882 bits per heavy atom. The summed E-state index contributed by atoms with van der Waals surface area (Å²) < 4.78 is 51.1. The first-order chi connectivity index (χ1) is 36.0. The van der Waals surface area contributed by atoms with E-state index < -0.39 is 47.0 Å². The highest BCUT2D eigenvalue weighted by Crippen LogP contribution is 2.53. The van der Waals surface area contributed by atoms with Crippen LogP contribution in [0.15, 0.2) is 54.6 Å². The number of ether oxygens (including phenoxy) is 6. The molecule has 3 aliphatic rings. The van der Waals surface area contributed by atoms with Gasteiger partial charge < -0.3 is 47.7 Å². The lowest BCUT2D eigenvalue weighted by Crippen LogP contribution is -2.60. The summed E-state index contributed by atoms with van der Waals surface area (Å²) >= 11 is 0. The molecule has 0 aromatic heterocycles. The minimum Gasteiger partial charge on any atom is -0.541 e. The summed E-state index contributed by atoms with van der Waals surface area (Å²) in [4.78, 5) is 23.7. The van der Waals surface area contributed by atoms with E-state index in [1.54, 1.807) is 21.3 Å². The Bertz CT molecular complexity index is 2700. The normalized spacial score (nSPS) is 19.1. The highest BCUT2D eigenvalue weighted by atomic mass is 28.4. The summed E-state index contributed by atoms with van der Waals surface area (Å²) in [5.41, 5.74) is 8.77. The topological polar surface area (TPSA) is 134 Å². The lowest BCUT2D eigenvalue weighted by atomic mass is 9.79. The third kappa shape index (κ3) is 11.3. The van der Waals surface area contributed by atoms with Crippen molar-refractivity contribution >= 4 is 22.7 Å². The molecule has 2 N–H and O–H groups in total. The standard InChI is InChI=1S/C60H86N4O10Si2/c1-36(2)76(18,37(3)4)73-29-27-41-34-64(28-30-71-41)58(61-10)49-33-46-51(53(65)57(70-15)39(6)55(46)68-13)52(63(49)11)48(31-40-32-50(74-75(16,17)60(7,8)9)56(69-14)38(5)54(40)67-12)62-59(66)72-35-47-44-25-21-19-23-42(44)43-24-20-22-26-45(43)47/h19-26,32,36-37,41,47-49,52,58,65H,27-31,33-35H2,1-9,11-18H3,(H,62,66)/t41-,48?,49?,52?,58?/m0/s1. The Kier molecular flexibility index (Phi) is 18.3. The zero-order chi connectivity index (χ0) is 55.6. The van der Waals surface area contributed by atoms with Gasteiger partial charge in [0.05, 0.1) is 53.2 Å². The number of amides is 1. The molecule has 414 valence electrons. The highest BCUT2D eigenvalue weighted by Gasteiger charge is 2.50. The summed E-state index contributed by atoms with van der Waals surface area (Å²) in [6, 6.07) is 16.4. The number of morpholine rings is 1. The van der Waals surface area contributed by atoms with Crippen molar-refractivity contribution in [1.82, 2.24) is 15.1 Å². The van der Waals surface area contributed by atoms with Gasteiger partial charge in [-0.2, -0.15) is 0 Å². The second kappa shape index (κ2) is 23.8. The molecule has 0 bridgehead atoms. The van der Waals surface area contributed by atoms with Crippen molar-refractivity contribution in [2.45, 2.75) is 154 Å². The molecule has 2 heterocycles. The van der Waals surface area contributed by atoms with Crippen molar-refractivity contribution in [2.24, 2.45) is 0 Å². The van der Waals surface area contributed by atoms with Gasteiger partial charge in [-0.05, 0) is 97.8 Å². The van der Waals surface area contributed by atoms with Gasteiger partial charge in [0.15, 0.2) is 25.6 Å². The van der Waals surface area contributed by atoms with Gasteiger partial charge in [-0.25, -0.2) is 16.3 Å². The molecule has 4 aromatic carbocycles. The molecule has 4 aromatic rings. The molecule has 14 nitrogen and oxygen atoms in total. The van der Waals surface area contributed by atoms with Crippen LogP contribution in [0.25, 0.3) is 16.0 Å². The molecule has 16 heteroatoms. The quantitative estimate of drug-likeness (QED) is 0.0644. The monoisotopic (exact) mass is 1080 g/mol. The van der Waals surface area contributed by atoms with Crippen LogP contribution < -0.4 is 28.7 Å².